The molecule has 26 heavy (non-hydrogen) atoms. The predicted octanol–water partition coefficient (Wildman–Crippen LogP) is 4.02. The van der Waals surface area contributed by atoms with E-state index in [1.165, 1.54) is 0 Å². The lowest BCUT2D eigenvalue weighted by atomic mass is 9.95. The Hall–Kier alpha value is -1.75. The lowest BCUT2D eigenvalue weighted by Gasteiger charge is -2.37. The average Bonchev–Trinajstić information content (AvgIpc) is 2.53. The first-order valence-electron chi connectivity index (χ1n) is 9.21. The molecule has 0 aromatic heterocycles. The topological polar surface area (TPSA) is 52.7 Å². The summed E-state index contributed by atoms with van der Waals surface area (Å²) >= 11 is 6.45. The van der Waals surface area contributed by atoms with E-state index in [1.807, 2.05) is 37.8 Å². The molecule has 0 bridgehead atoms. The summed E-state index contributed by atoms with van der Waals surface area (Å²) in [5.41, 5.74) is 1.19. The van der Waals surface area contributed by atoms with Gasteiger partial charge in [0, 0.05) is 43.7 Å². The van der Waals surface area contributed by atoms with E-state index in [0.29, 0.717) is 36.1 Å². The molecule has 144 valence electrons. The predicted molar refractivity (Wildman–Crippen MR) is 108 cm³/mol. The number of rotatable bonds is 4. The number of nitrogens with one attached hydrogen (secondary N) is 1. The number of hydrogen-bond donors (Lipinski definition) is 1. The molecule has 0 aliphatic carbocycles. The number of hydrogen-bond acceptors (Lipinski definition) is 3. The number of piperazine rings is 1. The van der Waals surface area contributed by atoms with E-state index in [1.54, 1.807) is 6.07 Å². The molecule has 0 unspecified atom stereocenters. The Morgan fingerprint density at radius 3 is 2.27 bits per heavy atom. The first-order chi connectivity index (χ1) is 12.1. The number of anilines is 2. The number of carbonyl (C=O) groups excluding carboxylic acids is 2. The zero-order valence-corrected chi connectivity index (χ0v) is 17.2. The molecule has 1 heterocycles. The Labute approximate surface area is 161 Å². The van der Waals surface area contributed by atoms with E-state index in [0.717, 1.165) is 18.8 Å². The fraction of sp³-hybridized carbons (Fsp3) is 0.600. The van der Waals surface area contributed by atoms with Crippen LogP contribution in [0.25, 0.3) is 0 Å². The highest BCUT2D eigenvalue weighted by Crippen LogP contribution is 2.30. The van der Waals surface area contributed by atoms with Gasteiger partial charge in [-0.2, -0.15) is 0 Å². The van der Waals surface area contributed by atoms with Crippen molar-refractivity contribution in [1.82, 2.24) is 4.90 Å². The van der Waals surface area contributed by atoms with Crippen molar-refractivity contribution in [3.63, 3.8) is 0 Å². The molecule has 0 radical (unpaired) electrons. The molecule has 1 aliphatic heterocycles. The van der Waals surface area contributed by atoms with Crippen LogP contribution in [0, 0.1) is 11.3 Å². The molecule has 0 atom stereocenters. The average molecular weight is 380 g/mol. The van der Waals surface area contributed by atoms with Gasteiger partial charge in [-0.25, -0.2) is 0 Å². The summed E-state index contributed by atoms with van der Waals surface area (Å²) in [5, 5.41) is 3.51. The van der Waals surface area contributed by atoms with Crippen molar-refractivity contribution in [3.8, 4) is 0 Å². The monoisotopic (exact) mass is 379 g/mol. The van der Waals surface area contributed by atoms with Crippen LogP contribution in [-0.2, 0) is 9.59 Å². The Balaban J connectivity index is 1.98. The normalized spacial score (nSPS) is 15.3. The molecule has 2 rings (SSSR count). The Kier molecular flexibility index (Phi) is 6.56. The summed E-state index contributed by atoms with van der Waals surface area (Å²) in [6, 6.07) is 5.60. The minimum atomic E-state index is -0.454. The van der Waals surface area contributed by atoms with Crippen LogP contribution in [0.2, 0.25) is 5.02 Å². The lowest BCUT2D eigenvalue weighted by molar-refractivity contribution is -0.132. The smallest absolute Gasteiger partial charge is 0.229 e. The van der Waals surface area contributed by atoms with E-state index in [4.69, 9.17) is 11.6 Å². The second-order valence-corrected chi connectivity index (χ2v) is 8.74. The molecule has 1 aliphatic rings. The van der Waals surface area contributed by atoms with Crippen LogP contribution in [0.4, 0.5) is 11.4 Å². The minimum absolute atomic E-state index is 0.0430. The third kappa shape index (κ3) is 5.37. The van der Waals surface area contributed by atoms with Crippen LogP contribution in [-0.4, -0.2) is 42.9 Å². The largest absolute Gasteiger partial charge is 0.367 e. The standard InChI is InChI=1S/C20H30ClN3O2/c1-14(2)12-18(25)24-10-8-23(9-11-24)17-7-6-15(13-16(17)21)22-19(26)20(3,4)5/h6-7,13-14H,8-12H2,1-5H3,(H,22,26). The van der Waals surface area contributed by atoms with Gasteiger partial charge >= 0.3 is 0 Å². The van der Waals surface area contributed by atoms with E-state index in [-0.39, 0.29) is 11.8 Å². The number of halogens is 1. The second-order valence-electron chi connectivity index (χ2n) is 8.34. The minimum Gasteiger partial charge on any atom is -0.367 e. The number of benzene rings is 1. The number of amides is 2. The molecule has 2 amide bonds. The van der Waals surface area contributed by atoms with E-state index in [2.05, 4.69) is 24.1 Å². The van der Waals surface area contributed by atoms with Crippen LogP contribution in [0.15, 0.2) is 18.2 Å². The van der Waals surface area contributed by atoms with Crippen molar-refractivity contribution in [1.29, 1.82) is 0 Å². The summed E-state index contributed by atoms with van der Waals surface area (Å²) in [7, 11) is 0. The molecule has 0 saturated carbocycles. The van der Waals surface area contributed by atoms with E-state index < -0.39 is 5.41 Å². The maximum Gasteiger partial charge on any atom is 0.229 e. The second kappa shape index (κ2) is 8.30. The van der Waals surface area contributed by atoms with Gasteiger partial charge in [0.15, 0.2) is 0 Å². The highest BCUT2D eigenvalue weighted by atomic mass is 35.5. The Bertz CT molecular complexity index is 660. The summed E-state index contributed by atoms with van der Waals surface area (Å²) in [6.45, 7) is 12.7. The molecule has 1 fully saturated rings. The molecular formula is C20H30ClN3O2. The fourth-order valence-electron chi connectivity index (χ4n) is 2.83. The van der Waals surface area contributed by atoms with Gasteiger partial charge in [0.25, 0.3) is 0 Å². The van der Waals surface area contributed by atoms with Crippen molar-refractivity contribution < 1.29 is 9.59 Å². The van der Waals surface area contributed by atoms with Crippen molar-refractivity contribution in [2.45, 2.75) is 41.0 Å². The van der Waals surface area contributed by atoms with Crippen LogP contribution < -0.4 is 10.2 Å². The maximum absolute atomic E-state index is 12.2. The van der Waals surface area contributed by atoms with Gasteiger partial charge in [0.05, 0.1) is 10.7 Å². The van der Waals surface area contributed by atoms with Crippen molar-refractivity contribution in [3.05, 3.63) is 23.2 Å². The lowest BCUT2D eigenvalue weighted by Crippen LogP contribution is -2.49. The summed E-state index contributed by atoms with van der Waals surface area (Å²) < 4.78 is 0. The molecular weight excluding hydrogens is 350 g/mol. The van der Waals surface area contributed by atoms with E-state index >= 15 is 0 Å². The summed E-state index contributed by atoms with van der Waals surface area (Å²) in [4.78, 5) is 28.4. The fourth-order valence-corrected chi connectivity index (χ4v) is 3.13. The Morgan fingerprint density at radius 2 is 1.77 bits per heavy atom. The molecule has 1 aromatic rings. The third-order valence-electron chi connectivity index (χ3n) is 4.44. The Morgan fingerprint density at radius 1 is 1.15 bits per heavy atom. The quantitative estimate of drug-likeness (QED) is 0.859. The van der Waals surface area contributed by atoms with Gasteiger partial charge < -0.3 is 15.1 Å². The maximum atomic E-state index is 12.2. The summed E-state index contributed by atoms with van der Waals surface area (Å²) in [5.74, 6) is 0.565. The first kappa shape index (κ1) is 20.6. The van der Waals surface area contributed by atoms with Gasteiger partial charge in [-0.1, -0.05) is 46.2 Å². The van der Waals surface area contributed by atoms with Crippen molar-refractivity contribution in [2.75, 3.05) is 36.4 Å². The molecule has 5 nitrogen and oxygen atoms in total. The van der Waals surface area contributed by atoms with Gasteiger partial charge in [-0.15, -0.1) is 0 Å². The van der Waals surface area contributed by atoms with Gasteiger partial charge in [0.2, 0.25) is 11.8 Å². The van der Waals surface area contributed by atoms with E-state index in [9.17, 15) is 9.59 Å². The van der Waals surface area contributed by atoms with Crippen LogP contribution >= 0.6 is 11.6 Å². The van der Waals surface area contributed by atoms with Gasteiger partial charge in [-0.3, -0.25) is 9.59 Å². The SMILES string of the molecule is CC(C)CC(=O)N1CCN(c2ccc(NC(=O)C(C)(C)C)cc2Cl)CC1. The molecule has 6 heteroatoms. The molecule has 1 aromatic carbocycles. The zero-order chi connectivity index (χ0) is 19.5. The summed E-state index contributed by atoms with van der Waals surface area (Å²) in [6.07, 6.45) is 0.600. The van der Waals surface area contributed by atoms with Crippen LogP contribution in [0.5, 0.6) is 0 Å². The van der Waals surface area contributed by atoms with Gasteiger partial charge in [0.1, 0.15) is 0 Å². The molecule has 1 N–H and O–H groups in total. The van der Waals surface area contributed by atoms with Gasteiger partial charge in [-0.05, 0) is 24.1 Å². The zero-order valence-electron chi connectivity index (χ0n) is 16.4. The third-order valence-corrected chi connectivity index (χ3v) is 4.75. The highest BCUT2D eigenvalue weighted by Gasteiger charge is 2.24. The van der Waals surface area contributed by atoms with Crippen molar-refractivity contribution in [2.24, 2.45) is 11.3 Å². The van der Waals surface area contributed by atoms with Crippen molar-refractivity contribution >= 4 is 34.8 Å². The highest BCUT2D eigenvalue weighted by molar-refractivity contribution is 6.33. The number of carbonyl (C=O) groups is 2. The van der Waals surface area contributed by atoms with Crippen LogP contribution in [0.3, 0.4) is 0 Å². The first-order valence-corrected chi connectivity index (χ1v) is 9.59. The van der Waals surface area contributed by atoms with Crippen LogP contribution in [0.1, 0.15) is 41.0 Å². The number of nitrogens with zero attached hydrogens (tertiary/aromatic N) is 2. The molecule has 0 spiro atoms. The molecule has 1 saturated heterocycles.